The first-order valence-electron chi connectivity index (χ1n) is 3.98. The van der Waals surface area contributed by atoms with Crippen LogP contribution in [0.25, 0.3) is 0 Å². The van der Waals surface area contributed by atoms with E-state index < -0.39 is 22.3 Å². The lowest BCUT2D eigenvalue weighted by Gasteiger charge is -2.06. The van der Waals surface area contributed by atoms with Crippen molar-refractivity contribution in [2.75, 3.05) is 0 Å². The van der Waals surface area contributed by atoms with Crippen LogP contribution >= 0.6 is 11.6 Å². The second-order valence-electron chi connectivity index (χ2n) is 2.75. The van der Waals surface area contributed by atoms with E-state index in [0.29, 0.717) is 0 Å². The summed E-state index contributed by atoms with van der Waals surface area (Å²) in [5.41, 5.74) is 1.13. The van der Waals surface area contributed by atoms with E-state index in [1.54, 1.807) is 0 Å². The van der Waals surface area contributed by atoms with Crippen LogP contribution in [-0.2, 0) is 4.79 Å². The fourth-order valence-electron chi connectivity index (χ4n) is 0.863. The molecule has 0 bridgehead atoms. The van der Waals surface area contributed by atoms with Gasteiger partial charge in [0, 0.05) is 13.0 Å². The molecule has 0 aliphatic carbocycles. The molecule has 8 heteroatoms. The molecule has 0 saturated heterocycles. The number of nitrogens with one attached hydrogen (secondary N) is 1. The summed E-state index contributed by atoms with van der Waals surface area (Å²) >= 11 is 5.55. The van der Waals surface area contributed by atoms with Crippen molar-refractivity contribution in [1.29, 1.82) is 0 Å². The molecule has 0 aliphatic heterocycles. The van der Waals surface area contributed by atoms with Crippen LogP contribution in [-0.4, -0.2) is 10.8 Å². The third-order valence-corrected chi connectivity index (χ3v) is 1.80. The molecule has 0 aromatic heterocycles. The minimum atomic E-state index is -1.08. The van der Waals surface area contributed by atoms with Crippen LogP contribution < -0.4 is 10.3 Å². The number of carbonyl (C=O) groups excluding carboxylic acids is 1. The van der Waals surface area contributed by atoms with Crippen molar-refractivity contribution < 1.29 is 18.9 Å². The molecule has 0 aliphatic rings. The van der Waals surface area contributed by atoms with Crippen molar-refractivity contribution in [3.63, 3.8) is 0 Å². The van der Waals surface area contributed by atoms with Gasteiger partial charge in [0.2, 0.25) is 11.7 Å². The van der Waals surface area contributed by atoms with Gasteiger partial charge in [-0.2, -0.15) is 9.87 Å². The number of nitro groups is 1. The Kier molecular flexibility index (Phi) is 3.62. The molecule has 0 atom stereocenters. The molecule has 0 radical (unpaired) electrons. The molecule has 1 N–H and O–H groups in total. The minimum Gasteiger partial charge on any atom is -0.378 e. The van der Waals surface area contributed by atoms with E-state index >= 15 is 0 Å². The van der Waals surface area contributed by atoms with Gasteiger partial charge in [0.1, 0.15) is 0 Å². The summed E-state index contributed by atoms with van der Waals surface area (Å²) in [6, 6.07) is 1.52. The lowest BCUT2D eigenvalue weighted by atomic mass is 10.3. The van der Waals surface area contributed by atoms with Crippen molar-refractivity contribution >= 4 is 23.2 Å². The Labute approximate surface area is 94.1 Å². The summed E-state index contributed by atoms with van der Waals surface area (Å²) < 4.78 is 13.0. The Morgan fingerprint density at radius 3 is 2.75 bits per heavy atom. The number of rotatable bonds is 3. The maximum absolute atomic E-state index is 13.0. The number of nitrogens with zero attached hydrogens (tertiary/aromatic N) is 1. The van der Waals surface area contributed by atoms with Crippen molar-refractivity contribution in [1.82, 2.24) is 5.48 Å². The summed E-state index contributed by atoms with van der Waals surface area (Å²) in [5.74, 6) is -1.81. The number of amides is 1. The monoisotopic (exact) mass is 248 g/mol. The Morgan fingerprint density at radius 2 is 2.25 bits per heavy atom. The van der Waals surface area contributed by atoms with Crippen molar-refractivity contribution in [2.24, 2.45) is 0 Å². The highest BCUT2D eigenvalue weighted by Crippen LogP contribution is 2.31. The largest absolute Gasteiger partial charge is 0.378 e. The van der Waals surface area contributed by atoms with Crippen molar-refractivity contribution in [2.45, 2.75) is 6.92 Å². The van der Waals surface area contributed by atoms with Crippen LogP contribution in [0.4, 0.5) is 10.1 Å². The highest BCUT2D eigenvalue weighted by Gasteiger charge is 2.18. The van der Waals surface area contributed by atoms with Crippen molar-refractivity contribution in [3.05, 3.63) is 33.1 Å². The quantitative estimate of drug-likeness (QED) is 0.653. The summed E-state index contributed by atoms with van der Waals surface area (Å²) in [7, 11) is 0. The van der Waals surface area contributed by atoms with Crippen LogP contribution in [0, 0.1) is 15.9 Å². The van der Waals surface area contributed by atoms with Gasteiger partial charge in [-0.15, -0.1) is 0 Å². The van der Waals surface area contributed by atoms with Gasteiger partial charge in [-0.3, -0.25) is 14.9 Å². The smallest absolute Gasteiger partial charge is 0.308 e. The van der Waals surface area contributed by atoms with Crippen LogP contribution in [0.3, 0.4) is 0 Å². The van der Waals surface area contributed by atoms with Gasteiger partial charge in [0.05, 0.1) is 16.0 Å². The number of hydroxylamine groups is 1. The first-order valence-corrected chi connectivity index (χ1v) is 4.36. The Hall–Kier alpha value is -1.89. The predicted molar refractivity (Wildman–Crippen MR) is 52.5 cm³/mol. The zero-order valence-electron chi connectivity index (χ0n) is 7.99. The van der Waals surface area contributed by atoms with E-state index in [1.807, 2.05) is 5.48 Å². The highest BCUT2D eigenvalue weighted by molar-refractivity contribution is 6.32. The minimum absolute atomic E-state index is 0.183. The fourth-order valence-corrected chi connectivity index (χ4v) is 1.05. The zero-order valence-corrected chi connectivity index (χ0v) is 8.75. The topological polar surface area (TPSA) is 81.5 Å². The number of nitro benzene ring substituents is 1. The normalized spacial score (nSPS) is 9.69. The van der Waals surface area contributed by atoms with E-state index in [0.717, 1.165) is 12.1 Å². The molecule has 1 aromatic rings. The number of benzene rings is 1. The van der Waals surface area contributed by atoms with Gasteiger partial charge >= 0.3 is 5.69 Å². The lowest BCUT2D eigenvalue weighted by molar-refractivity contribution is -0.387. The van der Waals surface area contributed by atoms with E-state index in [2.05, 4.69) is 4.84 Å². The molecule has 86 valence electrons. The van der Waals surface area contributed by atoms with Gasteiger partial charge < -0.3 is 4.84 Å². The molecule has 16 heavy (non-hydrogen) atoms. The summed E-state index contributed by atoms with van der Waals surface area (Å²) in [6.45, 7) is 1.17. The predicted octanol–water partition coefficient (Wildman–Crippen LogP) is 1.82. The first kappa shape index (κ1) is 12.2. The first-order chi connectivity index (χ1) is 7.41. The molecule has 6 nitrogen and oxygen atoms in total. The second kappa shape index (κ2) is 4.75. The Morgan fingerprint density at radius 1 is 1.62 bits per heavy atom. The maximum Gasteiger partial charge on any atom is 0.308 e. The molecule has 1 amide bonds. The van der Waals surface area contributed by atoms with Gasteiger partial charge in [-0.1, -0.05) is 11.6 Å². The summed E-state index contributed by atoms with van der Waals surface area (Å²) in [6.07, 6.45) is 0. The molecule has 0 fully saturated rings. The number of halogens is 2. The number of hydrogen-bond donors (Lipinski definition) is 1. The molecule has 0 unspecified atom stereocenters. The molecule has 0 heterocycles. The maximum atomic E-state index is 13.0. The zero-order chi connectivity index (χ0) is 12.3. The number of hydrogen-bond acceptors (Lipinski definition) is 4. The highest BCUT2D eigenvalue weighted by atomic mass is 35.5. The lowest BCUT2D eigenvalue weighted by Crippen LogP contribution is -2.23. The average Bonchev–Trinajstić information content (AvgIpc) is 2.15. The third kappa shape index (κ3) is 2.80. The van der Waals surface area contributed by atoms with Gasteiger partial charge in [0.25, 0.3) is 0 Å². The third-order valence-electron chi connectivity index (χ3n) is 1.50. The van der Waals surface area contributed by atoms with Gasteiger partial charge in [0.15, 0.2) is 5.75 Å². The van der Waals surface area contributed by atoms with Gasteiger partial charge in [-0.25, -0.2) is 0 Å². The van der Waals surface area contributed by atoms with Crippen LogP contribution in [0.15, 0.2) is 12.1 Å². The fraction of sp³-hybridized carbons (Fsp3) is 0.125. The molecule has 0 spiro atoms. The van der Waals surface area contributed by atoms with Gasteiger partial charge in [-0.05, 0) is 0 Å². The molecule has 1 rings (SSSR count). The summed E-state index contributed by atoms with van der Waals surface area (Å²) in [4.78, 5) is 24.6. The molecule has 1 aromatic carbocycles. The van der Waals surface area contributed by atoms with E-state index in [-0.39, 0.29) is 10.8 Å². The molecular weight excluding hydrogens is 243 g/mol. The van der Waals surface area contributed by atoms with Crippen LogP contribution in [0.5, 0.6) is 5.75 Å². The SMILES string of the molecule is CC(=O)NOc1cc([N+](=O)[O-])c(F)cc1Cl. The molecule has 0 saturated carbocycles. The Balaban J connectivity index is 3.05. The average molecular weight is 249 g/mol. The van der Waals surface area contributed by atoms with Crippen molar-refractivity contribution in [3.8, 4) is 5.75 Å². The van der Waals surface area contributed by atoms with E-state index in [4.69, 9.17) is 11.6 Å². The second-order valence-corrected chi connectivity index (χ2v) is 3.16. The molecular formula is C8H6ClFN2O4. The van der Waals surface area contributed by atoms with Crippen LogP contribution in [0.2, 0.25) is 5.02 Å². The van der Waals surface area contributed by atoms with E-state index in [1.165, 1.54) is 6.92 Å². The summed E-state index contributed by atoms with van der Waals surface area (Å²) in [5, 5.41) is 10.2. The van der Waals surface area contributed by atoms with E-state index in [9.17, 15) is 19.3 Å². The number of carbonyl (C=O) groups is 1. The Bertz CT molecular complexity index is 452. The van der Waals surface area contributed by atoms with Crippen LogP contribution in [0.1, 0.15) is 6.92 Å². The standard InChI is InChI=1S/C8H6ClFN2O4/c1-4(13)11-16-8-3-7(12(14)15)6(10)2-5(8)9/h2-3H,1H3,(H,11,13).